The van der Waals surface area contributed by atoms with Crippen LogP contribution in [0.3, 0.4) is 0 Å². The Labute approximate surface area is 106 Å². The fraction of sp³-hybridized carbons (Fsp3) is 0.417. The van der Waals surface area contributed by atoms with Crippen LogP contribution in [0.5, 0.6) is 0 Å². The number of carbonyl (C=O) groups is 1. The standard InChI is InChI=1S/C12H18N2O2S/c1-9-10(13)3-2-4-11(9)14-12(16)5-7-17-8-6-15/h2-4,15H,5-8,13H2,1H3,(H,14,16). The van der Waals surface area contributed by atoms with Crippen LogP contribution >= 0.6 is 11.8 Å². The van der Waals surface area contributed by atoms with Gasteiger partial charge in [0.2, 0.25) is 5.91 Å². The zero-order chi connectivity index (χ0) is 12.7. The molecule has 4 N–H and O–H groups in total. The van der Waals surface area contributed by atoms with Crippen molar-refractivity contribution in [3.63, 3.8) is 0 Å². The number of hydrogen-bond acceptors (Lipinski definition) is 4. The van der Waals surface area contributed by atoms with Crippen molar-refractivity contribution in [3.8, 4) is 0 Å². The molecule has 0 heterocycles. The van der Waals surface area contributed by atoms with Crippen LogP contribution in [-0.2, 0) is 4.79 Å². The molecule has 1 rings (SSSR count). The quantitative estimate of drug-likeness (QED) is 0.533. The summed E-state index contributed by atoms with van der Waals surface area (Å²) >= 11 is 1.56. The van der Waals surface area contributed by atoms with Gasteiger partial charge in [0, 0.05) is 29.3 Å². The Kier molecular flexibility index (Phi) is 5.86. The van der Waals surface area contributed by atoms with E-state index < -0.39 is 0 Å². The molecule has 0 radical (unpaired) electrons. The summed E-state index contributed by atoms with van der Waals surface area (Å²) in [6.45, 7) is 2.03. The number of anilines is 2. The summed E-state index contributed by atoms with van der Waals surface area (Å²) in [4.78, 5) is 11.6. The lowest BCUT2D eigenvalue weighted by atomic mass is 10.1. The van der Waals surface area contributed by atoms with E-state index >= 15 is 0 Å². The largest absolute Gasteiger partial charge is 0.398 e. The van der Waals surface area contributed by atoms with Gasteiger partial charge in [0.05, 0.1) is 6.61 Å². The third-order valence-electron chi connectivity index (χ3n) is 2.36. The van der Waals surface area contributed by atoms with Crippen LogP contribution in [0.2, 0.25) is 0 Å². The SMILES string of the molecule is Cc1c(N)cccc1NC(=O)CCSCCO. The van der Waals surface area contributed by atoms with Gasteiger partial charge in [-0.2, -0.15) is 11.8 Å². The Morgan fingerprint density at radius 3 is 2.94 bits per heavy atom. The van der Waals surface area contributed by atoms with Crippen LogP contribution in [0, 0.1) is 6.92 Å². The molecule has 0 saturated heterocycles. The highest BCUT2D eigenvalue weighted by atomic mass is 32.2. The maximum Gasteiger partial charge on any atom is 0.225 e. The zero-order valence-corrected chi connectivity index (χ0v) is 10.7. The Morgan fingerprint density at radius 1 is 1.47 bits per heavy atom. The third-order valence-corrected chi connectivity index (χ3v) is 3.32. The average Bonchev–Trinajstić information content (AvgIpc) is 2.31. The molecule has 0 atom stereocenters. The highest BCUT2D eigenvalue weighted by Crippen LogP contribution is 2.20. The first kappa shape index (κ1) is 13.9. The molecule has 1 aromatic carbocycles. The molecule has 0 unspecified atom stereocenters. The van der Waals surface area contributed by atoms with Crippen LogP contribution in [0.1, 0.15) is 12.0 Å². The van der Waals surface area contributed by atoms with Crippen LogP contribution in [0.25, 0.3) is 0 Å². The maximum atomic E-state index is 11.6. The number of amides is 1. The van der Waals surface area contributed by atoms with E-state index in [2.05, 4.69) is 5.32 Å². The summed E-state index contributed by atoms with van der Waals surface area (Å²) in [5.41, 5.74) is 8.09. The van der Waals surface area contributed by atoms with E-state index in [0.717, 1.165) is 11.3 Å². The van der Waals surface area contributed by atoms with Crippen molar-refractivity contribution in [3.05, 3.63) is 23.8 Å². The molecular weight excluding hydrogens is 236 g/mol. The third kappa shape index (κ3) is 4.66. The van der Waals surface area contributed by atoms with Crippen molar-refractivity contribution < 1.29 is 9.90 Å². The van der Waals surface area contributed by atoms with E-state index in [-0.39, 0.29) is 12.5 Å². The molecule has 0 saturated carbocycles. The summed E-state index contributed by atoms with van der Waals surface area (Å²) in [6.07, 6.45) is 0.443. The van der Waals surface area contributed by atoms with E-state index in [1.807, 2.05) is 25.1 Å². The van der Waals surface area contributed by atoms with Crippen LogP contribution in [0.15, 0.2) is 18.2 Å². The summed E-state index contributed by atoms with van der Waals surface area (Å²) in [5, 5.41) is 11.4. The normalized spacial score (nSPS) is 10.2. The molecule has 0 aliphatic rings. The smallest absolute Gasteiger partial charge is 0.225 e. The first-order valence-corrected chi connectivity index (χ1v) is 6.64. The summed E-state index contributed by atoms with van der Waals surface area (Å²) < 4.78 is 0. The average molecular weight is 254 g/mol. The second-order valence-corrected chi connectivity index (χ2v) is 4.88. The Morgan fingerprint density at radius 2 is 2.24 bits per heavy atom. The first-order valence-electron chi connectivity index (χ1n) is 5.48. The van der Waals surface area contributed by atoms with E-state index in [1.165, 1.54) is 0 Å². The Hall–Kier alpha value is -1.20. The number of hydrogen-bond donors (Lipinski definition) is 3. The molecule has 0 spiro atoms. The van der Waals surface area contributed by atoms with E-state index in [0.29, 0.717) is 23.6 Å². The molecule has 0 aromatic heterocycles. The summed E-state index contributed by atoms with van der Waals surface area (Å²) in [7, 11) is 0. The zero-order valence-electron chi connectivity index (χ0n) is 9.90. The molecule has 4 nitrogen and oxygen atoms in total. The number of aliphatic hydroxyl groups excluding tert-OH is 1. The topological polar surface area (TPSA) is 75.3 Å². The number of rotatable bonds is 6. The number of benzene rings is 1. The summed E-state index contributed by atoms with van der Waals surface area (Å²) in [6, 6.07) is 5.46. The molecule has 17 heavy (non-hydrogen) atoms. The van der Waals surface area contributed by atoms with Crippen molar-refractivity contribution in [1.82, 2.24) is 0 Å². The Bertz CT molecular complexity index is 383. The molecule has 0 aliphatic carbocycles. The van der Waals surface area contributed by atoms with Gasteiger partial charge in [-0.3, -0.25) is 4.79 Å². The monoisotopic (exact) mass is 254 g/mol. The molecule has 1 aromatic rings. The lowest BCUT2D eigenvalue weighted by Crippen LogP contribution is -2.13. The molecular formula is C12H18N2O2S. The molecule has 0 fully saturated rings. The fourth-order valence-electron chi connectivity index (χ4n) is 1.33. The molecule has 94 valence electrons. The maximum absolute atomic E-state index is 11.6. The number of carbonyl (C=O) groups excluding carboxylic acids is 1. The molecule has 0 aliphatic heterocycles. The second-order valence-electron chi connectivity index (χ2n) is 3.65. The van der Waals surface area contributed by atoms with E-state index in [9.17, 15) is 4.79 Å². The number of aliphatic hydroxyl groups is 1. The van der Waals surface area contributed by atoms with Gasteiger partial charge in [0.25, 0.3) is 0 Å². The lowest BCUT2D eigenvalue weighted by Gasteiger charge is -2.09. The Balaban J connectivity index is 2.43. The lowest BCUT2D eigenvalue weighted by molar-refractivity contribution is -0.115. The molecule has 5 heteroatoms. The van der Waals surface area contributed by atoms with Gasteiger partial charge in [0.1, 0.15) is 0 Å². The minimum Gasteiger partial charge on any atom is -0.398 e. The minimum atomic E-state index is -0.0239. The van der Waals surface area contributed by atoms with Crippen LogP contribution in [-0.4, -0.2) is 29.1 Å². The fourth-order valence-corrected chi connectivity index (χ4v) is 2.00. The van der Waals surface area contributed by atoms with Crippen molar-refractivity contribution in [2.45, 2.75) is 13.3 Å². The van der Waals surface area contributed by atoms with Crippen molar-refractivity contribution in [2.24, 2.45) is 0 Å². The molecule has 0 bridgehead atoms. The highest BCUT2D eigenvalue weighted by Gasteiger charge is 2.05. The molecule has 1 amide bonds. The van der Waals surface area contributed by atoms with E-state index in [1.54, 1.807) is 11.8 Å². The van der Waals surface area contributed by atoms with Crippen molar-refractivity contribution in [1.29, 1.82) is 0 Å². The van der Waals surface area contributed by atoms with Crippen molar-refractivity contribution >= 4 is 29.0 Å². The van der Waals surface area contributed by atoms with Crippen LogP contribution in [0.4, 0.5) is 11.4 Å². The van der Waals surface area contributed by atoms with Gasteiger partial charge in [-0.1, -0.05) is 6.07 Å². The van der Waals surface area contributed by atoms with Gasteiger partial charge < -0.3 is 16.2 Å². The number of thioether (sulfide) groups is 1. The number of nitrogens with one attached hydrogen (secondary N) is 1. The second kappa shape index (κ2) is 7.19. The number of nitrogens with two attached hydrogens (primary N) is 1. The van der Waals surface area contributed by atoms with Crippen molar-refractivity contribution in [2.75, 3.05) is 29.2 Å². The van der Waals surface area contributed by atoms with Gasteiger partial charge in [0.15, 0.2) is 0 Å². The highest BCUT2D eigenvalue weighted by molar-refractivity contribution is 7.99. The van der Waals surface area contributed by atoms with Gasteiger partial charge in [-0.25, -0.2) is 0 Å². The van der Waals surface area contributed by atoms with Crippen LogP contribution < -0.4 is 11.1 Å². The predicted molar refractivity (Wildman–Crippen MR) is 73.2 cm³/mol. The van der Waals surface area contributed by atoms with Gasteiger partial charge in [-0.05, 0) is 24.6 Å². The first-order chi connectivity index (χ1) is 8.15. The predicted octanol–water partition coefficient (Wildman–Crippen LogP) is 1.63. The van der Waals surface area contributed by atoms with E-state index in [4.69, 9.17) is 10.8 Å². The van der Waals surface area contributed by atoms with Gasteiger partial charge >= 0.3 is 0 Å². The number of nitrogen functional groups attached to an aromatic ring is 1. The summed E-state index contributed by atoms with van der Waals surface area (Å²) in [5.74, 6) is 1.36. The van der Waals surface area contributed by atoms with Gasteiger partial charge in [-0.15, -0.1) is 0 Å². The minimum absolute atomic E-state index is 0.0239.